The quantitative estimate of drug-likeness (QED) is 0.653. The molecule has 0 spiro atoms. The van der Waals surface area contributed by atoms with Crippen molar-refractivity contribution in [2.45, 2.75) is 0 Å². The van der Waals surface area contributed by atoms with Gasteiger partial charge in [0.05, 0.1) is 12.8 Å². The van der Waals surface area contributed by atoms with E-state index in [1.165, 1.54) is 24.3 Å². The number of amides is 1. The Morgan fingerprint density at radius 2 is 1.83 bits per heavy atom. The number of anilines is 1. The van der Waals surface area contributed by atoms with E-state index < -0.39 is 24.3 Å². The van der Waals surface area contributed by atoms with E-state index in [1.807, 2.05) is 0 Å². The molecule has 2 aromatic rings. The van der Waals surface area contributed by atoms with Crippen LogP contribution in [0.4, 0.5) is 10.1 Å². The Morgan fingerprint density at radius 1 is 1.12 bits per heavy atom. The maximum Gasteiger partial charge on any atom is 0.331 e. The molecule has 1 amide bonds. The van der Waals surface area contributed by atoms with Gasteiger partial charge in [0.1, 0.15) is 11.6 Å². The van der Waals surface area contributed by atoms with Gasteiger partial charge in [0.25, 0.3) is 5.91 Å². The third-order valence-electron chi connectivity index (χ3n) is 3.02. The van der Waals surface area contributed by atoms with Gasteiger partial charge in [-0.2, -0.15) is 0 Å². The van der Waals surface area contributed by atoms with Crippen LogP contribution in [-0.2, 0) is 14.3 Å². The summed E-state index contributed by atoms with van der Waals surface area (Å²) in [6.07, 6.45) is 2.76. The minimum atomic E-state index is -0.672. The van der Waals surface area contributed by atoms with Crippen LogP contribution in [0.1, 0.15) is 5.56 Å². The van der Waals surface area contributed by atoms with Crippen LogP contribution in [0.3, 0.4) is 0 Å². The van der Waals surface area contributed by atoms with E-state index in [0.717, 1.165) is 5.56 Å². The van der Waals surface area contributed by atoms with Crippen molar-refractivity contribution >= 4 is 23.6 Å². The van der Waals surface area contributed by atoms with Gasteiger partial charge in [-0.3, -0.25) is 4.79 Å². The number of ether oxygens (including phenoxy) is 2. The number of hydrogen-bond acceptors (Lipinski definition) is 4. The maximum absolute atomic E-state index is 13.4. The molecule has 24 heavy (non-hydrogen) atoms. The number of esters is 1. The van der Waals surface area contributed by atoms with Crippen molar-refractivity contribution in [1.29, 1.82) is 0 Å². The molecule has 0 saturated carbocycles. The van der Waals surface area contributed by atoms with Crippen molar-refractivity contribution < 1.29 is 23.5 Å². The molecule has 0 radical (unpaired) electrons. The van der Waals surface area contributed by atoms with E-state index in [9.17, 15) is 14.0 Å². The standard InChI is InChI=1S/C18H16FNO4/c1-23-14-9-6-13(7-10-14)8-11-18(22)24-12-17(21)20-16-5-3-2-4-15(16)19/h2-11H,12H2,1H3,(H,20,21)/b11-8+. The highest BCUT2D eigenvalue weighted by molar-refractivity contribution is 5.94. The number of halogens is 1. The summed E-state index contributed by atoms with van der Waals surface area (Å²) in [5, 5.41) is 2.32. The van der Waals surface area contributed by atoms with Gasteiger partial charge in [0.2, 0.25) is 0 Å². The SMILES string of the molecule is COc1ccc(/C=C/C(=O)OCC(=O)Nc2ccccc2F)cc1. The van der Waals surface area contributed by atoms with E-state index >= 15 is 0 Å². The van der Waals surface area contributed by atoms with E-state index in [1.54, 1.807) is 43.5 Å². The number of methoxy groups -OCH3 is 1. The first-order chi connectivity index (χ1) is 11.6. The monoisotopic (exact) mass is 329 g/mol. The van der Waals surface area contributed by atoms with E-state index in [0.29, 0.717) is 5.75 Å². The van der Waals surface area contributed by atoms with Crippen LogP contribution >= 0.6 is 0 Å². The third-order valence-corrected chi connectivity index (χ3v) is 3.02. The zero-order valence-corrected chi connectivity index (χ0v) is 13.0. The van der Waals surface area contributed by atoms with E-state index in [-0.39, 0.29) is 5.69 Å². The number of para-hydroxylation sites is 1. The molecule has 1 N–H and O–H groups in total. The van der Waals surface area contributed by atoms with Gasteiger partial charge in [0, 0.05) is 6.08 Å². The van der Waals surface area contributed by atoms with Crippen molar-refractivity contribution in [1.82, 2.24) is 0 Å². The topological polar surface area (TPSA) is 64.6 Å². The molecule has 0 aliphatic carbocycles. The molecule has 0 heterocycles. The lowest BCUT2D eigenvalue weighted by Gasteiger charge is -2.06. The van der Waals surface area contributed by atoms with Crippen LogP contribution < -0.4 is 10.1 Å². The lowest BCUT2D eigenvalue weighted by atomic mass is 10.2. The number of nitrogens with one attached hydrogen (secondary N) is 1. The highest BCUT2D eigenvalue weighted by Gasteiger charge is 2.08. The molecule has 5 nitrogen and oxygen atoms in total. The molecule has 0 aliphatic heterocycles. The largest absolute Gasteiger partial charge is 0.497 e. The van der Waals surface area contributed by atoms with Crippen LogP contribution in [0.15, 0.2) is 54.6 Å². The van der Waals surface area contributed by atoms with Crippen LogP contribution in [-0.4, -0.2) is 25.6 Å². The lowest BCUT2D eigenvalue weighted by molar-refractivity contribution is -0.142. The predicted molar refractivity (Wildman–Crippen MR) is 88.0 cm³/mol. The Kier molecular flexibility index (Phi) is 6.08. The first kappa shape index (κ1) is 17.2. The van der Waals surface area contributed by atoms with Crippen molar-refractivity contribution in [2.24, 2.45) is 0 Å². The van der Waals surface area contributed by atoms with Crippen molar-refractivity contribution in [3.8, 4) is 5.75 Å². The molecule has 0 fully saturated rings. The molecule has 2 aromatic carbocycles. The van der Waals surface area contributed by atoms with Gasteiger partial charge in [-0.25, -0.2) is 9.18 Å². The summed E-state index contributed by atoms with van der Waals surface area (Å²) >= 11 is 0. The Labute approximate surface area is 138 Å². The van der Waals surface area contributed by atoms with Crippen molar-refractivity contribution in [3.63, 3.8) is 0 Å². The molecule has 124 valence electrons. The Morgan fingerprint density at radius 3 is 2.50 bits per heavy atom. The van der Waals surface area contributed by atoms with Gasteiger partial charge in [-0.05, 0) is 35.9 Å². The average Bonchev–Trinajstić information content (AvgIpc) is 2.60. The van der Waals surface area contributed by atoms with Crippen LogP contribution in [0.2, 0.25) is 0 Å². The highest BCUT2D eigenvalue weighted by atomic mass is 19.1. The lowest BCUT2D eigenvalue weighted by Crippen LogP contribution is -2.20. The highest BCUT2D eigenvalue weighted by Crippen LogP contribution is 2.13. The molecule has 0 aliphatic rings. The second-order valence-electron chi connectivity index (χ2n) is 4.74. The first-order valence-corrected chi connectivity index (χ1v) is 7.12. The fourth-order valence-electron chi connectivity index (χ4n) is 1.81. The normalized spacial score (nSPS) is 10.4. The van der Waals surface area contributed by atoms with Gasteiger partial charge in [-0.1, -0.05) is 24.3 Å². The number of hydrogen-bond donors (Lipinski definition) is 1. The maximum atomic E-state index is 13.4. The van der Waals surface area contributed by atoms with Crippen LogP contribution in [0.25, 0.3) is 6.08 Å². The Hall–Kier alpha value is -3.15. The zero-order valence-electron chi connectivity index (χ0n) is 13.0. The summed E-state index contributed by atoms with van der Waals surface area (Å²) in [6, 6.07) is 12.8. The molecule has 0 bridgehead atoms. The van der Waals surface area contributed by atoms with Gasteiger partial charge >= 0.3 is 5.97 Å². The minimum Gasteiger partial charge on any atom is -0.497 e. The molecule has 0 aromatic heterocycles. The number of benzene rings is 2. The molecule has 6 heteroatoms. The fraction of sp³-hybridized carbons (Fsp3) is 0.111. The van der Waals surface area contributed by atoms with Crippen molar-refractivity contribution in [2.75, 3.05) is 19.0 Å². The van der Waals surface area contributed by atoms with Crippen molar-refractivity contribution in [3.05, 3.63) is 66.0 Å². The Bertz CT molecular complexity index is 741. The van der Waals surface area contributed by atoms with E-state index in [4.69, 9.17) is 9.47 Å². The zero-order chi connectivity index (χ0) is 17.4. The number of carbonyl (C=O) groups is 2. The fourth-order valence-corrected chi connectivity index (χ4v) is 1.81. The number of rotatable bonds is 6. The molecule has 0 saturated heterocycles. The third kappa shape index (κ3) is 5.24. The van der Waals surface area contributed by atoms with Crippen LogP contribution in [0.5, 0.6) is 5.75 Å². The molecule has 2 rings (SSSR count). The molecular formula is C18H16FNO4. The van der Waals surface area contributed by atoms with Gasteiger partial charge in [-0.15, -0.1) is 0 Å². The predicted octanol–water partition coefficient (Wildman–Crippen LogP) is 3.03. The van der Waals surface area contributed by atoms with Gasteiger partial charge < -0.3 is 14.8 Å². The second kappa shape index (κ2) is 8.47. The molecule has 0 atom stereocenters. The minimum absolute atomic E-state index is 0.0346. The summed E-state index contributed by atoms with van der Waals surface area (Å²) in [6.45, 7) is -0.500. The molecule has 0 unspecified atom stereocenters. The first-order valence-electron chi connectivity index (χ1n) is 7.12. The van der Waals surface area contributed by atoms with E-state index in [2.05, 4.69) is 5.32 Å². The number of carbonyl (C=O) groups excluding carboxylic acids is 2. The molecular weight excluding hydrogens is 313 g/mol. The Balaban J connectivity index is 1.80. The average molecular weight is 329 g/mol. The summed E-state index contributed by atoms with van der Waals surface area (Å²) in [4.78, 5) is 23.2. The summed E-state index contributed by atoms with van der Waals surface area (Å²) < 4.78 is 23.2. The summed E-state index contributed by atoms with van der Waals surface area (Å²) in [7, 11) is 1.56. The van der Waals surface area contributed by atoms with Crippen LogP contribution in [0, 0.1) is 5.82 Å². The second-order valence-corrected chi connectivity index (χ2v) is 4.74. The van der Waals surface area contributed by atoms with Gasteiger partial charge in [0.15, 0.2) is 6.61 Å². The smallest absolute Gasteiger partial charge is 0.331 e. The summed E-state index contributed by atoms with van der Waals surface area (Å²) in [5.41, 5.74) is 0.816. The summed E-state index contributed by atoms with van der Waals surface area (Å²) in [5.74, 6) is -1.14.